The van der Waals surface area contributed by atoms with Gasteiger partial charge in [-0.05, 0) is 25.3 Å². The van der Waals surface area contributed by atoms with Gasteiger partial charge in [0.25, 0.3) is 0 Å². The summed E-state index contributed by atoms with van der Waals surface area (Å²) in [7, 11) is 1.91. The number of benzene rings is 1. The van der Waals surface area contributed by atoms with Crippen LogP contribution < -0.4 is 5.32 Å². The molecule has 0 unspecified atom stereocenters. The molecular weight excluding hydrogens is 158 g/mol. The summed E-state index contributed by atoms with van der Waals surface area (Å²) in [4.78, 5) is 0. The van der Waals surface area contributed by atoms with E-state index in [1.54, 1.807) is 0 Å². The summed E-state index contributed by atoms with van der Waals surface area (Å²) < 4.78 is 0. The summed E-state index contributed by atoms with van der Waals surface area (Å²) in [5.41, 5.74) is 1.05. The average Bonchev–Trinajstić information content (AvgIpc) is 2.19. The molecule has 0 aliphatic carbocycles. The van der Waals surface area contributed by atoms with E-state index in [4.69, 9.17) is 0 Å². The monoisotopic (exact) mass is 171 g/mol. The van der Waals surface area contributed by atoms with Gasteiger partial charge in [-0.3, -0.25) is 0 Å². The molecule has 0 aliphatic heterocycles. The quantitative estimate of drug-likeness (QED) is 0.669. The first-order chi connectivity index (χ1) is 6.43. The van der Waals surface area contributed by atoms with Gasteiger partial charge in [0.15, 0.2) is 0 Å². The minimum atomic E-state index is 0.865. The Morgan fingerprint density at radius 3 is 2.77 bits per heavy atom. The van der Waals surface area contributed by atoms with Gasteiger partial charge in [0, 0.05) is 12.1 Å². The average molecular weight is 171 g/mol. The van der Waals surface area contributed by atoms with Crippen LogP contribution in [0.2, 0.25) is 0 Å². The van der Waals surface area contributed by atoms with Crippen LogP contribution in [0.25, 0.3) is 0 Å². The summed E-state index contributed by atoms with van der Waals surface area (Å²) >= 11 is 0. The van der Waals surface area contributed by atoms with Gasteiger partial charge in [0.2, 0.25) is 0 Å². The maximum absolute atomic E-state index is 3.04. The standard InChI is InChI=1S/C12H13N/c1-13-11-7-3-6-10-12-8-4-2-5-9-12/h2-5,7-9,13H,11H2,1H3/b7-3-. The van der Waals surface area contributed by atoms with Gasteiger partial charge in [0.1, 0.15) is 0 Å². The fourth-order valence-corrected chi connectivity index (χ4v) is 0.882. The first-order valence-corrected chi connectivity index (χ1v) is 4.29. The van der Waals surface area contributed by atoms with E-state index in [1.165, 1.54) is 0 Å². The molecule has 0 atom stereocenters. The molecule has 0 bridgehead atoms. The molecular formula is C12H13N. The molecule has 0 aliphatic rings. The molecule has 1 aromatic carbocycles. The molecule has 0 radical (unpaired) electrons. The van der Waals surface area contributed by atoms with E-state index in [9.17, 15) is 0 Å². The predicted molar refractivity (Wildman–Crippen MR) is 56.4 cm³/mol. The Labute approximate surface area is 79.5 Å². The van der Waals surface area contributed by atoms with Crippen molar-refractivity contribution in [2.75, 3.05) is 13.6 Å². The van der Waals surface area contributed by atoms with Crippen LogP contribution in [0.5, 0.6) is 0 Å². The SMILES string of the molecule is CNC/C=C\C#Cc1ccccc1. The first-order valence-electron chi connectivity index (χ1n) is 4.29. The van der Waals surface area contributed by atoms with Crippen molar-refractivity contribution in [1.29, 1.82) is 0 Å². The molecule has 1 N–H and O–H groups in total. The van der Waals surface area contributed by atoms with Crippen molar-refractivity contribution in [2.24, 2.45) is 0 Å². The number of likely N-dealkylation sites (N-methyl/N-ethyl adjacent to an activating group) is 1. The molecule has 0 heterocycles. The highest BCUT2D eigenvalue weighted by atomic mass is 14.8. The third-order valence-corrected chi connectivity index (χ3v) is 1.51. The fourth-order valence-electron chi connectivity index (χ4n) is 0.882. The van der Waals surface area contributed by atoms with E-state index < -0.39 is 0 Å². The summed E-state index contributed by atoms with van der Waals surface area (Å²) in [6.07, 6.45) is 3.86. The van der Waals surface area contributed by atoms with E-state index in [2.05, 4.69) is 17.2 Å². The molecule has 1 aromatic rings. The van der Waals surface area contributed by atoms with Crippen molar-refractivity contribution in [1.82, 2.24) is 5.32 Å². The number of hydrogen-bond donors (Lipinski definition) is 1. The third kappa shape index (κ3) is 4.15. The Bertz CT molecular complexity index is 314. The summed E-state index contributed by atoms with van der Waals surface area (Å²) in [6, 6.07) is 9.96. The molecule has 0 fully saturated rings. The fraction of sp³-hybridized carbons (Fsp3) is 0.167. The predicted octanol–water partition coefficient (Wildman–Crippen LogP) is 1.81. The lowest BCUT2D eigenvalue weighted by Crippen LogP contribution is -2.03. The van der Waals surface area contributed by atoms with Gasteiger partial charge >= 0.3 is 0 Å². The topological polar surface area (TPSA) is 12.0 Å². The molecule has 0 amide bonds. The minimum Gasteiger partial charge on any atom is -0.316 e. The highest BCUT2D eigenvalue weighted by Crippen LogP contribution is 1.94. The van der Waals surface area contributed by atoms with E-state index in [0.29, 0.717) is 0 Å². The van der Waals surface area contributed by atoms with Gasteiger partial charge in [0.05, 0.1) is 0 Å². The van der Waals surface area contributed by atoms with Gasteiger partial charge in [-0.2, -0.15) is 0 Å². The molecule has 0 spiro atoms. The van der Waals surface area contributed by atoms with Crippen LogP contribution in [-0.4, -0.2) is 13.6 Å². The third-order valence-electron chi connectivity index (χ3n) is 1.51. The van der Waals surface area contributed by atoms with Crippen LogP contribution in [-0.2, 0) is 0 Å². The number of allylic oxidation sites excluding steroid dienone is 1. The number of hydrogen-bond acceptors (Lipinski definition) is 1. The highest BCUT2D eigenvalue weighted by molar-refractivity contribution is 5.36. The Kier molecular flexibility index (Phi) is 4.45. The Morgan fingerprint density at radius 1 is 1.31 bits per heavy atom. The van der Waals surface area contributed by atoms with Crippen LogP contribution >= 0.6 is 0 Å². The van der Waals surface area contributed by atoms with Crippen molar-refractivity contribution < 1.29 is 0 Å². The molecule has 66 valence electrons. The molecule has 0 saturated carbocycles. The molecule has 0 aromatic heterocycles. The molecule has 13 heavy (non-hydrogen) atoms. The van der Waals surface area contributed by atoms with Crippen molar-refractivity contribution in [3.8, 4) is 11.8 Å². The van der Waals surface area contributed by atoms with Crippen LogP contribution in [0, 0.1) is 11.8 Å². The van der Waals surface area contributed by atoms with Crippen LogP contribution in [0.1, 0.15) is 5.56 Å². The van der Waals surface area contributed by atoms with Gasteiger partial charge in [-0.25, -0.2) is 0 Å². The Hall–Kier alpha value is -1.52. The molecule has 1 nitrogen and oxygen atoms in total. The summed E-state index contributed by atoms with van der Waals surface area (Å²) in [6.45, 7) is 0.865. The lowest BCUT2D eigenvalue weighted by molar-refractivity contribution is 0.920. The summed E-state index contributed by atoms with van der Waals surface area (Å²) in [5, 5.41) is 3.01. The lowest BCUT2D eigenvalue weighted by Gasteiger charge is -1.85. The maximum atomic E-state index is 3.04. The highest BCUT2D eigenvalue weighted by Gasteiger charge is 1.78. The van der Waals surface area contributed by atoms with Crippen LogP contribution in [0.15, 0.2) is 42.5 Å². The Balaban J connectivity index is 2.49. The zero-order valence-corrected chi connectivity index (χ0v) is 7.75. The lowest BCUT2D eigenvalue weighted by atomic mass is 10.2. The second-order valence-corrected chi connectivity index (χ2v) is 2.60. The first kappa shape index (κ1) is 9.57. The zero-order chi connectivity index (χ0) is 9.36. The van der Waals surface area contributed by atoms with Crippen LogP contribution in [0.3, 0.4) is 0 Å². The van der Waals surface area contributed by atoms with Crippen LogP contribution in [0.4, 0.5) is 0 Å². The smallest absolute Gasteiger partial charge is 0.0248 e. The van der Waals surface area contributed by atoms with E-state index in [0.717, 1.165) is 12.1 Å². The molecule has 0 saturated heterocycles. The molecule has 1 rings (SSSR count). The molecule has 1 heteroatoms. The van der Waals surface area contributed by atoms with E-state index in [1.807, 2.05) is 49.5 Å². The van der Waals surface area contributed by atoms with E-state index in [-0.39, 0.29) is 0 Å². The number of nitrogens with one attached hydrogen (secondary N) is 1. The number of rotatable bonds is 2. The van der Waals surface area contributed by atoms with Crippen molar-refractivity contribution in [2.45, 2.75) is 0 Å². The summed E-state index contributed by atoms with van der Waals surface area (Å²) in [5.74, 6) is 6.00. The second-order valence-electron chi connectivity index (χ2n) is 2.60. The Morgan fingerprint density at radius 2 is 2.08 bits per heavy atom. The van der Waals surface area contributed by atoms with Gasteiger partial charge in [-0.1, -0.05) is 36.1 Å². The van der Waals surface area contributed by atoms with Crippen molar-refractivity contribution >= 4 is 0 Å². The maximum Gasteiger partial charge on any atom is 0.0248 e. The zero-order valence-electron chi connectivity index (χ0n) is 7.75. The normalized spacial score (nSPS) is 9.62. The van der Waals surface area contributed by atoms with Crippen molar-refractivity contribution in [3.05, 3.63) is 48.0 Å². The van der Waals surface area contributed by atoms with Crippen molar-refractivity contribution in [3.63, 3.8) is 0 Å². The van der Waals surface area contributed by atoms with Gasteiger partial charge in [-0.15, -0.1) is 0 Å². The second kappa shape index (κ2) is 6.05. The largest absolute Gasteiger partial charge is 0.316 e. The van der Waals surface area contributed by atoms with Gasteiger partial charge < -0.3 is 5.32 Å². The minimum absolute atomic E-state index is 0.865. The van der Waals surface area contributed by atoms with E-state index >= 15 is 0 Å².